The van der Waals surface area contributed by atoms with Crippen LogP contribution in [0.3, 0.4) is 0 Å². The number of carbonyl (C=O) groups excluding carboxylic acids is 1. The number of aromatic hydroxyl groups is 1. The van der Waals surface area contributed by atoms with Crippen molar-refractivity contribution in [3.8, 4) is 11.5 Å². The third kappa shape index (κ3) is 3.58. The van der Waals surface area contributed by atoms with Gasteiger partial charge in [0.1, 0.15) is 0 Å². The summed E-state index contributed by atoms with van der Waals surface area (Å²) in [5, 5.41) is 18.2. The van der Waals surface area contributed by atoms with Gasteiger partial charge in [-0.05, 0) is 56.0 Å². The molecule has 2 aromatic rings. The predicted octanol–water partition coefficient (Wildman–Crippen LogP) is 4.25. The Morgan fingerprint density at radius 2 is 2.03 bits per heavy atom. The summed E-state index contributed by atoms with van der Waals surface area (Å²) < 4.78 is 5.43. The van der Waals surface area contributed by atoms with Crippen LogP contribution >= 0.6 is 0 Å². The molecule has 1 amide bonds. The first-order chi connectivity index (χ1) is 15.3. The van der Waals surface area contributed by atoms with E-state index in [1.165, 1.54) is 5.56 Å². The smallest absolute Gasteiger partial charge is 0.244 e. The minimum absolute atomic E-state index is 0.0956. The van der Waals surface area contributed by atoms with Crippen LogP contribution in [0.25, 0.3) is 6.08 Å². The van der Waals surface area contributed by atoms with Crippen LogP contribution < -0.4 is 15.4 Å². The molecule has 5 nitrogen and oxygen atoms in total. The van der Waals surface area contributed by atoms with Crippen LogP contribution in [0.5, 0.6) is 11.5 Å². The van der Waals surface area contributed by atoms with Crippen molar-refractivity contribution < 1.29 is 14.6 Å². The van der Waals surface area contributed by atoms with Crippen LogP contribution in [0, 0.1) is 6.92 Å². The quantitative estimate of drug-likeness (QED) is 0.595. The molecule has 0 aromatic heterocycles. The number of rotatable bonds is 6. The first-order valence-electron chi connectivity index (χ1n) is 11.5. The molecule has 1 saturated heterocycles. The van der Waals surface area contributed by atoms with Crippen molar-refractivity contribution in [3.63, 3.8) is 0 Å². The number of carbonyl (C=O) groups is 1. The second-order valence-corrected chi connectivity index (χ2v) is 9.40. The molecule has 2 aromatic carbocycles. The van der Waals surface area contributed by atoms with E-state index in [-0.39, 0.29) is 17.7 Å². The SMILES string of the molecule is CCCC1(NC(=O)/C=C/c2ccc(C)cc2)C2Cc3ccc(OC)c(O)c3[C@@]1(C)CCN2. The molecule has 2 unspecified atom stereocenters. The van der Waals surface area contributed by atoms with Gasteiger partial charge in [0.05, 0.1) is 12.6 Å². The number of hydrogen-bond acceptors (Lipinski definition) is 4. The van der Waals surface area contributed by atoms with Gasteiger partial charge in [-0.25, -0.2) is 0 Å². The Morgan fingerprint density at radius 3 is 2.72 bits per heavy atom. The molecule has 5 heteroatoms. The molecule has 1 aliphatic heterocycles. The summed E-state index contributed by atoms with van der Waals surface area (Å²) in [4.78, 5) is 13.2. The lowest BCUT2D eigenvalue weighted by Crippen LogP contribution is -2.76. The topological polar surface area (TPSA) is 70.6 Å². The molecule has 2 aliphatic rings. The number of hydrogen-bond donors (Lipinski definition) is 3. The molecular weight excluding hydrogens is 400 g/mol. The number of amides is 1. The molecule has 0 spiro atoms. The number of phenolic OH excluding ortho intramolecular Hbond substituents is 1. The van der Waals surface area contributed by atoms with Gasteiger partial charge in [0.2, 0.25) is 5.91 Å². The van der Waals surface area contributed by atoms with Gasteiger partial charge in [-0.2, -0.15) is 0 Å². The maximum Gasteiger partial charge on any atom is 0.244 e. The van der Waals surface area contributed by atoms with Crippen molar-refractivity contribution in [2.24, 2.45) is 0 Å². The molecule has 32 heavy (non-hydrogen) atoms. The van der Waals surface area contributed by atoms with E-state index in [4.69, 9.17) is 4.74 Å². The second kappa shape index (κ2) is 8.62. The number of piperidine rings is 1. The maximum absolute atomic E-state index is 13.2. The van der Waals surface area contributed by atoms with Crippen LogP contribution in [-0.2, 0) is 16.6 Å². The van der Waals surface area contributed by atoms with E-state index in [2.05, 4.69) is 30.5 Å². The van der Waals surface area contributed by atoms with E-state index >= 15 is 0 Å². The number of aryl methyl sites for hydroxylation is 1. The fourth-order valence-corrected chi connectivity index (χ4v) is 5.90. The molecule has 1 heterocycles. The number of ether oxygens (including phenoxy) is 1. The highest BCUT2D eigenvalue weighted by Gasteiger charge is 2.60. The molecule has 0 radical (unpaired) electrons. The molecule has 4 rings (SSSR count). The number of fused-ring (bicyclic) bond motifs is 4. The number of nitrogens with one attached hydrogen (secondary N) is 2. The van der Waals surface area contributed by atoms with Crippen LogP contribution in [0.1, 0.15) is 55.4 Å². The Bertz CT molecular complexity index is 1030. The summed E-state index contributed by atoms with van der Waals surface area (Å²) in [5.41, 5.74) is 3.31. The summed E-state index contributed by atoms with van der Waals surface area (Å²) in [6.07, 6.45) is 6.81. The molecule has 3 atom stereocenters. The molecule has 2 bridgehead atoms. The molecular formula is C27H34N2O3. The lowest BCUT2D eigenvalue weighted by Gasteiger charge is -2.60. The molecule has 1 aliphatic carbocycles. The monoisotopic (exact) mass is 434 g/mol. The van der Waals surface area contributed by atoms with Crippen molar-refractivity contribution in [2.75, 3.05) is 13.7 Å². The first-order valence-corrected chi connectivity index (χ1v) is 11.5. The Kier molecular flexibility index (Phi) is 6.04. The van der Waals surface area contributed by atoms with Gasteiger partial charge >= 0.3 is 0 Å². The lowest BCUT2D eigenvalue weighted by atomic mass is 9.52. The number of methoxy groups -OCH3 is 1. The van der Waals surface area contributed by atoms with E-state index in [1.807, 2.05) is 43.3 Å². The summed E-state index contributed by atoms with van der Waals surface area (Å²) in [6, 6.07) is 12.1. The van der Waals surface area contributed by atoms with Gasteiger partial charge in [-0.1, -0.05) is 56.2 Å². The van der Waals surface area contributed by atoms with Crippen molar-refractivity contribution >= 4 is 12.0 Å². The van der Waals surface area contributed by atoms with Crippen molar-refractivity contribution in [1.29, 1.82) is 0 Å². The third-order valence-electron chi connectivity index (χ3n) is 7.51. The summed E-state index contributed by atoms with van der Waals surface area (Å²) >= 11 is 0. The van der Waals surface area contributed by atoms with Gasteiger partial charge in [0.25, 0.3) is 0 Å². The van der Waals surface area contributed by atoms with Crippen LogP contribution in [0.15, 0.2) is 42.5 Å². The number of benzene rings is 2. The van der Waals surface area contributed by atoms with E-state index in [1.54, 1.807) is 13.2 Å². The summed E-state index contributed by atoms with van der Waals surface area (Å²) in [7, 11) is 1.58. The Balaban J connectivity index is 1.73. The van der Waals surface area contributed by atoms with Crippen LogP contribution in [-0.4, -0.2) is 36.2 Å². The lowest BCUT2D eigenvalue weighted by molar-refractivity contribution is -0.121. The van der Waals surface area contributed by atoms with Gasteiger partial charge in [-0.15, -0.1) is 0 Å². The highest BCUT2D eigenvalue weighted by Crippen LogP contribution is 2.55. The standard InChI is InChI=1S/C27H34N2O3/c1-5-14-27(29-23(30)13-10-19-8-6-18(2)7-9-19)22-17-20-11-12-21(32-4)25(31)24(20)26(27,3)15-16-28-22/h6-13,22,28,31H,5,14-17H2,1-4H3,(H,29,30)/b13-10+/t22?,26-,27?/m1/s1. The van der Waals surface area contributed by atoms with E-state index in [9.17, 15) is 9.90 Å². The zero-order chi connectivity index (χ0) is 22.9. The minimum atomic E-state index is -0.508. The fourth-order valence-electron chi connectivity index (χ4n) is 5.90. The molecule has 170 valence electrons. The van der Waals surface area contributed by atoms with E-state index in [0.717, 1.165) is 48.9 Å². The largest absolute Gasteiger partial charge is 0.504 e. The highest BCUT2D eigenvalue weighted by molar-refractivity contribution is 5.92. The Morgan fingerprint density at radius 1 is 1.28 bits per heavy atom. The first kappa shape index (κ1) is 22.4. The average molecular weight is 435 g/mol. The van der Waals surface area contributed by atoms with Crippen molar-refractivity contribution in [2.45, 2.75) is 63.5 Å². The minimum Gasteiger partial charge on any atom is -0.504 e. The van der Waals surface area contributed by atoms with Gasteiger partial charge in [0, 0.05) is 23.1 Å². The van der Waals surface area contributed by atoms with E-state index < -0.39 is 11.0 Å². The number of phenols is 1. The Hall–Kier alpha value is -2.79. The third-order valence-corrected chi connectivity index (χ3v) is 7.51. The van der Waals surface area contributed by atoms with Gasteiger partial charge in [0.15, 0.2) is 11.5 Å². The van der Waals surface area contributed by atoms with Crippen LogP contribution in [0.2, 0.25) is 0 Å². The summed E-state index contributed by atoms with van der Waals surface area (Å²) in [6.45, 7) is 7.23. The molecule has 3 N–H and O–H groups in total. The zero-order valence-electron chi connectivity index (χ0n) is 19.5. The van der Waals surface area contributed by atoms with Gasteiger partial charge in [-0.3, -0.25) is 4.79 Å². The molecule has 0 saturated carbocycles. The van der Waals surface area contributed by atoms with Crippen molar-refractivity contribution in [3.05, 3.63) is 64.7 Å². The summed E-state index contributed by atoms with van der Waals surface area (Å²) in [5.74, 6) is 0.584. The second-order valence-electron chi connectivity index (χ2n) is 9.40. The van der Waals surface area contributed by atoms with Gasteiger partial charge < -0.3 is 20.5 Å². The molecule has 1 fully saturated rings. The maximum atomic E-state index is 13.2. The average Bonchev–Trinajstić information content (AvgIpc) is 2.75. The normalized spacial score (nSPS) is 26.6. The van der Waals surface area contributed by atoms with E-state index in [0.29, 0.717) is 5.75 Å². The van der Waals surface area contributed by atoms with Crippen LogP contribution in [0.4, 0.5) is 0 Å². The zero-order valence-corrected chi connectivity index (χ0v) is 19.5. The highest BCUT2D eigenvalue weighted by atomic mass is 16.5. The fraction of sp³-hybridized carbons (Fsp3) is 0.444. The van der Waals surface area contributed by atoms with Crippen molar-refractivity contribution in [1.82, 2.24) is 10.6 Å². The Labute approximate surface area is 190 Å². The predicted molar refractivity (Wildman–Crippen MR) is 128 cm³/mol.